The minimum Gasteiger partial charge on any atom is -0.480 e. The lowest BCUT2D eigenvalue weighted by Gasteiger charge is -2.34. The third kappa shape index (κ3) is 2.80. The van der Waals surface area contributed by atoms with Gasteiger partial charge in [-0.15, -0.1) is 0 Å². The molecule has 2 aliphatic rings. The van der Waals surface area contributed by atoms with Crippen LogP contribution in [0.4, 0.5) is 0 Å². The minimum absolute atomic E-state index is 0.311. The lowest BCUT2D eigenvalue weighted by molar-refractivity contribution is -0.153. The Bertz CT molecular complexity index is 842. The van der Waals surface area contributed by atoms with Crippen molar-refractivity contribution in [3.8, 4) is 6.07 Å². The second-order valence-electron chi connectivity index (χ2n) is 7.87. The van der Waals surface area contributed by atoms with Gasteiger partial charge in [0.05, 0.1) is 23.5 Å². The third-order valence-corrected chi connectivity index (χ3v) is 6.09. The van der Waals surface area contributed by atoms with Crippen molar-refractivity contribution >= 4 is 17.8 Å². The molecule has 2 saturated heterocycles. The smallest absolute Gasteiger partial charge is 0.325 e. The number of carbonyl (C=O) groups is 3. The maximum absolute atomic E-state index is 13.2. The fourth-order valence-corrected chi connectivity index (χ4v) is 4.56. The molecule has 0 spiro atoms. The Balaban J connectivity index is 2.10. The Hall–Kier alpha value is -2.72. The maximum Gasteiger partial charge on any atom is 0.325 e. The van der Waals surface area contributed by atoms with Crippen LogP contribution in [0, 0.1) is 29.1 Å². The third-order valence-electron chi connectivity index (χ3n) is 6.09. The largest absolute Gasteiger partial charge is 0.480 e. The zero-order valence-electron chi connectivity index (χ0n) is 16.3. The van der Waals surface area contributed by atoms with Crippen molar-refractivity contribution in [2.75, 3.05) is 6.54 Å². The molecule has 3 rings (SSSR count). The number of fused-ring (bicyclic) bond motifs is 1. The summed E-state index contributed by atoms with van der Waals surface area (Å²) in [4.78, 5) is 39.9. The van der Waals surface area contributed by atoms with Crippen LogP contribution in [-0.2, 0) is 14.4 Å². The lowest BCUT2D eigenvalue weighted by atomic mass is 9.73. The predicted octanol–water partition coefficient (Wildman–Crippen LogP) is 2.08. The van der Waals surface area contributed by atoms with Gasteiger partial charge in [0.15, 0.2) is 0 Å². The predicted molar refractivity (Wildman–Crippen MR) is 101 cm³/mol. The highest BCUT2D eigenvalue weighted by atomic mass is 16.4. The zero-order valence-corrected chi connectivity index (χ0v) is 16.3. The van der Waals surface area contributed by atoms with Crippen LogP contribution in [0.1, 0.15) is 50.8 Å². The van der Waals surface area contributed by atoms with E-state index in [1.165, 1.54) is 4.90 Å². The summed E-state index contributed by atoms with van der Waals surface area (Å²) in [6, 6.07) is 8.16. The number of aliphatic carboxylic acids is 1. The highest BCUT2D eigenvalue weighted by Crippen LogP contribution is 2.51. The van der Waals surface area contributed by atoms with Gasteiger partial charge in [-0.3, -0.25) is 24.6 Å². The first-order valence-electron chi connectivity index (χ1n) is 9.65. The van der Waals surface area contributed by atoms with E-state index in [1.54, 1.807) is 38.1 Å². The fraction of sp³-hybridized carbons (Fsp3) is 0.524. The zero-order chi connectivity index (χ0) is 20.6. The van der Waals surface area contributed by atoms with Crippen LogP contribution in [-0.4, -0.2) is 39.9 Å². The summed E-state index contributed by atoms with van der Waals surface area (Å²) < 4.78 is 0. The SMILES string of the molecule is CCCCN1C(=O)C2C(c3ccc(C#N)cc3)NC(C(=O)O)(C(C)C)C2C1=O. The number of unbranched alkanes of at least 4 members (excludes halogenated alkanes) is 1. The molecule has 28 heavy (non-hydrogen) atoms. The summed E-state index contributed by atoms with van der Waals surface area (Å²) in [5.41, 5.74) is -0.335. The Morgan fingerprint density at radius 2 is 1.93 bits per heavy atom. The number of hydrogen-bond donors (Lipinski definition) is 2. The Morgan fingerprint density at radius 1 is 1.29 bits per heavy atom. The van der Waals surface area contributed by atoms with Gasteiger partial charge in [-0.05, 0) is 30.0 Å². The number of benzene rings is 1. The molecule has 0 saturated carbocycles. The molecule has 4 atom stereocenters. The van der Waals surface area contributed by atoms with Crippen LogP contribution in [0.2, 0.25) is 0 Å². The van der Waals surface area contributed by atoms with Gasteiger partial charge in [-0.25, -0.2) is 0 Å². The molecule has 2 N–H and O–H groups in total. The molecule has 2 aliphatic heterocycles. The number of nitrogens with one attached hydrogen (secondary N) is 1. The molecule has 0 bridgehead atoms. The number of nitriles is 1. The van der Waals surface area contributed by atoms with Crippen molar-refractivity contribution in [2.24, 2.45) is 17.8 Å². The molecule has 1 aromatic rings. The first kappa shape index (κ1) is 20.0. The normalized spacial score (nSPS) is 29.2. The van der Waals surface area contributed by atoms with Crippen molar-refractivity contribution < 1.29 is 19.5 Å². The molecule has 2 heterocycles. The molecular weight excluding hydrogens is 358 g/mol. The van der Waals surface area contributed by atoms with E-state index < -0.39 is 41.2 Å². The molecule has 4 unspecified atom stereocenters. The molecule has 7 nitrogen and oxygen atoms in total. The first-order valence-corrected chi connectivity index (χ1v) is 9.65. The number of likely N-dealkylation sites (tertiary alicyclic amines) is 1. The van der Waals surface area contributed by atoms with Gasteiger partial charge in [-0.2, -0.15) is 5.26 Å². The summed E-state index contributed by atoms with van der Waals surface area (Å²) in [6.45, 7) is 5.80. The molecule has 0 aliphatic carbocycles. The van der Waals surface area contributed by atoms with E-state index in [4.69, 9.17) is 5.26 Å². The number of amides is 2. The molecular formula is C21H25N3O4. The molecule has 0 aromatic heterocycles. The second kappa shape index (κ2) is 7.36. The van der Waals surface area contributed by atoms with Gasteiger partial charge in [0.25, 0.3) is 0 Å². The van der Waals surface area contributed by atoms with Crippen molar-refractivity contribution in [2.45, 2.75) is 45.2 Å². The van der Waals surface area contributed by atoms with Crippen molar-refractivity contribution in [3.63, 3.8) is 0 Å². The molecule has 1 aromatic carbocycles. The molecule has 148 valence electrons. The quantitative estimate of drug-likeness (QED) is 0.728. The van der Waals surface area contributed by atoms with Crippen LogP contribution < -0.4 is 5.32 Å². The van der Waals surface area contributed by atoms with Crippen LogP contribution in [0.15, 0.2) is 24.3 Å². The number of carbonyl (C=O) groups excluding carboxylic acids is 2. The van der Waals surface area contributed by atoms with Crippen molar-refractivity contribution in [1.29, 1.82) is 5.26 Å². The van der Waals surface area contributed by atoms with Crippen molar-refractivity contribution in [3.05, 3.63) is 35.4 Å². The highest BCUT2D eigenvalue weighted by molar-refractivity contribution is 6.09. The summed E-state index contributed by atoms with van der Waals surface area (Å²) in [5.74, 6) is -3.95. The van der Waals surface area contributed by atoms with E-state index in [9.17, 15) is 19.5 Å². The standard InChI is InChI=1S/C21H25N3O4/c1-4-5-10-24-18(25)15-16(19(24)26)21(12(2)3,20(27)28)23-17(15)14-8-6-13(11-22)7-9-14/h6-9,12,15-17,23H,4-5,10H2,1-3H3,(H,27,28). The van der Waals surface area contributed by atoms with E-state index in [1.807, 2.05) is 13.0 Å². The topological polar surface area (TPSA) is 110 Å². The number of carboxylic acids is 1. The molecule has 7 heteroatoms. The summed E-state index contributed by atoms with van der Waals surface area (Å²) in [6.07, 6.45) is 1.52. The molecule has 2 fully saturated rings. The summed E-state index contributed by atoms with van der Waals surface area (Å²) in [7, 11) is 0. The Kier molecular flexibility index (Phi) is 5.26. The fourth-order valence-electron chi connectivity index (χ4n) is 4.56. The minimum atomic E-state index is -1.52. The van der Waals surface area contributed by atoms with Gasteiger partial charge < -0.3 is 5.11 Å². The van der Waals surface area contributed by atoms with Gasteiger partial charge in [0.1, 0.15) is 5.54 Å². The maximum atomic E-state index is 13.2. The number of nitrogens with zero attached hydrogens (tertiary/aromatic N) is 2. The lowest BCUT2D eigenvalue weighted by Crippen LogP contribution is -2.59. The number of hydrogen-bond acceptors (Lipinski definition) is 5. The van der Waals surface area contributed by atoms with Gasteiger partial charge >= 0.3 is 5.97 Å². The summed E-state index contributed by atoms with van der Waals surface area (Å²) in [5, 5.41) is 22.3. The van der Waals surface area contributed by atoms with Crippen LogP contribution in [0.3, 0.4) is 0 Å². The van der Waals surface area contributed by atoms with Crippen LogP contribution in [0.25, 0.3) is 0 Å². The van der Waals surface area contributed by atoms with Gasteiger partial charge in [0, 0.05) is 12.6 Å². The van der Waals surface area contributed by atoms with E-state index in [0.29, 0.717) is 24.1 Å². The first-order chi connectivity index (χ1) is 13.3. The molecule has 2 amide bonds. The average molecular weight is 383 g/mol. The van der Waals surface area contributed by atoms with Gasteiger partial charge in [-0.1, -0.05) is 39.3 Å². The monoisotopic (exact) mass is 383 g/mol. The number of rotatable bonds is 6. The Labute approximate surface area is 164 Å². The van der Waals surface area contributed by atoms with E-state index in [0.717, 1.165) is 6.42 Å². The van der Waals surface area contributed by atoms with E-state index in [-0.39, 0.29) is 5.91 Å². The second-order valence-corrected chi connectivity index (χ2v) is 7.87. The highest BCUT2D eigenvalue weighted by Gasteiger charge is 2.69. The van der Waals surface area contributed by atoms with Gasteiger partial charge in [0.2, 0.25) is 11.8 Å². The van der Waals surface area contributed by atoms with Crippen molar-refractivity contribution in [1.82, 2.24) is 10.2 Å². The average Bonchev–Trinajstić information content (AvgIpc) is 3.16. The Morgan fingerprint density at radius 3 is 2.43 bits per heavy atom. The molecule has 0 radical (unpaired) electrons. The number of carboxylic acid groups (broad SMARTS) is 1. The van der Waals surface area contributed by atoms with Crippen LogP contribution >= 0.6 is 0 Å². The number of imide groups is 1. The van der Waals surface area contributed by atoms with E-state index in [2.05, 4.69) is 5.32 Å². The summed E-state index contributed by atoms with van der Waals surface area (Å²) >= 11 is 0. The van der Waals surface area contributed by atoms with Crippen LogP contribution in [0.5, 0.6) is 0 Å². The van der Waals surface area contributed by atoms with E-state index >= 15 is 0 Å².